The molecule has 0 spiro atoms. The minimum atomic E-state index is -0.449. The van der Waals surface area contributed by atoms with Crippen molar-refractivity contribution in [3.8, 4) is 17.2 Å². The van der Waals surface area contributed by atoms with E-state index < -0.39 is 5.91 Å². The van der Waals surface area contributed by atoms with Crippen LogP contribution in [0.2, 0.25) is 0 Å². The SMILES string of the molecule is CCOc1cc(C(=O)NC(=S)Nc2cccc(NC(=O)c3ccco3)c2)cc(OCC)c1OCC. The monoisotopic (exact) mass is 497 g/mol. The van der Waals surface area contributed by atoms with E-state index in [4.69, 9.17) is 30.8 Å². The maximum Gasteiger partial charge on any atom is 0.291 e. The number of ether oxygens (including phenoxy) is 3. The summed E-state index contributed by atoms with van der Waals surface area (Å²) in [6.07, 6.45) is 1.42. The number of hydrogen-bond donors (Lipinski definition) is 3. The molecule has 0 unspecified atom stereocenters. The van der Waals surface area contributed by atoms with Crippen molar-refractivity contribution in [3.63, 3.8) is 0 Å². The van der Waals surface area contributed by atoms with E-state index in [9.17, 15) is 9.59 Å². The summed E-state index contributed by atoms with van der Waals surface area (Å²) in [4.78, 5) is 25.1. The van der Waals surface area contributed by atoms with E-state index in [-0.39, 0.29) is 16.8 Å². The van der Waals surface area contributed by atoms with Gasteiger partial charge in [-0.1, -0.05) is 6.07 Å². The summed E-state index contributed by atoms with van der Waals surface area (Å²) in [6, 6.07) is 13.2. The molecule has 1 heterocycles. The molecule has 0 fully saturated rings. The van der Waals surface area contributed by atoms with Gasteiger partial charge in [0.05, 0.1) is 26.1 Å². The third-order valence-corrected chi connectivity index (χ3v) is 4.73. The molecule has 10 heteroatoms. The highest BCUT2D eigenvalue weighted by Gasteiger charge is 2.19. The first-order valence-electron chi connectivity index (χ1n) is 11.1. The van der Waals surface area contributed by atoms with Crippen LogP contribution < -0.4 is 30.2 Å². The van der Waals surface area contributed by atoms with E-state index in [1.165, 1.54) is 6.26 Å². The van der Waals surface area contributed by atoms with Crippen LogP contribution in [-0.4, -0.2) is 36.7 Å². The number of benzene rings is 2. The highest BCUT2D eigenvalue weighted by molar-refractivity contribution is 7.80. The van der Waals surface area contributed by atoms with Crippen LogP contribution in [0.25, 0.3) is 0 Å². The Morgan fingerprint density at radius 1 is 0.829 bits per heavy atom. The molecule has 9 nitrogen and oxygen atoms in total. The third-order valence-electron chi connectivity index (χ3n) is 4.52. The smallest absolute Gasteiger partial charge is 0.291 e. The van der Waals surface area contributed by atoms with Crippen molar-refractivity contribution in [1.82, 2.24) is 5.32 Å². The Hall–Kier alpha value is -4.05. The number of furan rings is 1. The Kier molecular flexibility index (Phi) is 9.08. The molecule has 3 aromatic rings. The van der Waals surface area contributed by atoms with Crippen molar-refractivity contribution in [2.24, 2.45) is 0 Å². The summed E-state index contributed by atoms with van der Waals surface area (Å²) in [5.41, 5.74) is 1.40. The average molecular weight is 498 g/mol. The van der Waals surface area contributed by atoms with Crippen LogP contribution in [0.3, 0.4) is 0 Å². The zero-order chi connectivity index (χ0) is 25.2. The number of carbonyl (C=O) groups excluding carboxylic acids is 2. The molecule has 0 atom stereocenters. The molecule has 0 saturated carbocycles. The highest BCUT2D eigenvalue weighted by atomic mass is 32.1. The van der Waals surface area contributed by atoms with Crippen LogP contribution in [0.4, 0.5) is 11.4 Å². The molecule has 0 bridgehead atoms. The average Bonchev–Trinajstić information content (AvgIpc) is 3.37. The second-order valence-electron chi connectivity index (χ2n) is 7.02. The number of nitrogens with one attached hydrogen (secondary N) is 3. The number of anilines is 2. The molecule has 35 heavy (non-hydrogen) atoms. The van der Waals surface area contributed by atoms with Crippen LogP contribution in [0, 0.1) is 0 Å². The van der Waals surface area contributed by atoms with E-state index in [1.54, 1.807) is 48.5 Å². The van der Waals surface area contributed by atoms with Gasteiger partial charge in [0, 0.05) is 16.9 Å². The second-order valence-corrected chi connectivity index (χ2v) is 7.43. The molecule has 3 rings (SSSR count). The molecular weight excluding hydrogens is 470 g/mol. The molecule has 2 amide bonds. The molecule has 0 aliphatic heterocycles. The lowest BCUT2D eigenvalue weighted by atomic mass is 10.1. The van der Waals surface area contributed by atoms with Crippen LogP contribution in [0.15, 0.2) is 59.2 Å². The van der Waals surface area contributed by atoms with Crippen molar-refractivity contribution < 1.29 is 28.2 Å². The highest BCUT2D eigenvalue weighted by Crippen LogP contribution is 2.39. The Morgan fingerprint density at radius 3 is 2.03 bits per heavy atom. The predicted molar refractivity (Wildman–Crippen MR) is 137 cm³/mol. The summed E-state index contributed by atoms with van der Waals surface area (Å²) in [5, 5.41) is 8.40. The first-order valence-corrected chi connectivity index (χ1v) is 11.5. The van der Waals surface area contributed by atoms with Crippen LogP contribution >= 0.6 is 12.2 Å². The number of rotatable bonds is 10. The quantitative estimate of drug-likeness (QED) is 0.341. The summed E-state index contributed by atoms with van der Waals surface area (Å²) in [7, 11) is 0. The van der Waals surface area contributed by atoms with Crippen LogP contribution in [-0.2, 0) is 0 Å². The first kappa shape index (κ1) is 25.6. The fraction of sp³-hybridized carbons (Fsp3) is 0.240. The molecule has 0 aliphatic rings. The molecule has 184 valence electrons. The molecule has 0 radical (unpaired) electrons. The fourth-order valence-electron chi connectivity index (χ4n) is 3.13. The van der Waals surface area contributed by atoms with Gasteiger partial charge in [0.1, 0.15) is 0 Å². The van der Waals surface area contributed by atoms with E-state index in [0.29, 0.717) is 54.0 Å². The van der Waals surface area contributed by atoms with Gasteiger partial charge in [-0.05, 0) is 75.5 Å². The van der Waals surface area contributed by atoms with E-state index in [0.717, 1.165) is 0 Å². The zero-order valence-corrected chi connectivity index (χ0v) is 20.5. The molecule has 3 N–H and O–H groups in total. The second kappa shape index (κ2) is 12.4. The van der Waals surface area contributed by atoms with Gasteiger partial charge in [-0.25, -0.2) is 0 Å². The zero-order valence-electron chi connectivity index (χ0n) is 19.7. The number of hydrogen-bond acceptors (Lipinski definition) is 7. The minimum absolute atomic E-state index is 0.0781. The Morgan fingerprint density at radius 2 is 1.46 bits per heavy atom. The van der Waals surface area contributed by atoms with Gasteiger partial charge in [0.2, 0.25) is 5.75 Å². The molecule has 2 aromatic carbocycles. The van der Waals surface area contributed by atoms with Crippen molar-refractivity contribution in [2.45, 2.75) is 20.8 Å². The van der Waals surface area contributed by atoms with E-state index in [1.807, 2.05) is 20.8 Å². The van der Waals surface area contributed by atoms with Crippen molar-refractivity contribution in [3.05, 3.63) is 66.1 Å². The maximum absolute atomic E-state index is 12.9. The summed E-state index contributed by atoms with van der Waals surface area (Å²) < 4.78 is 22.1. The first-order chi connectivity index (χ1) is 16.9. The van der Waals surface area contributed by atoms with Gasteiger partial charge in [-0.15, -0.1) is 0 Å². The molecule has 1 aromatic heterocycles. The summed E-state index contributed by atoms with van der Waals surface area (Å²) in [6.45, 7) is 6.74. The lowest BCUT2D eigenvalue weighted by Crippen LogP contribution is -2.34. The lowest BCUT2D eigenvalue weighted by Gasteiger charge is -2.17. The predicted octanol–water partition coefficient (Wildman–Crippen LogP) is 4.85. The summed E-state index contributed by atoms with van der Waals surface area (Å²) in [5.74, 6) is 0.623. The lowest BCUT2D eigenvalue weighted by molar-refractivity contribution is 0.0974. The van der Waals surface area contributed by atoms with Gasteiger partial charge in [0.15, 0.2) is 22.4 Å². The normalized spacial score (nSPS) is 10.3. The minimum Gasteiger partial charge on any atom is -0.490 e. The maximum atomic E-state index is 12.9. The van der Waals surface area contributed by atoms with Crippen molar-refractivity contribution in [1.29, 1.82) is 0 Å². The molecule has 0 saturated heterocycles. The third kappa shape index (κ3) is 6.97. The van der Waals surface area contributed by atoms with Crippen molar-refractivity contribution >= 4 is 40.5 Å². The molecular formula is C25H27N3O6S. The van der Waals surface area contributed by atoms with Gasteiger partial charge >= 0.3 is 0 Å². The Bertz CT molecular complexity index is 1150. The standard InChI is InChI=1S/C25H27N3O6S/c1-4-31-20-13-16(14-21(32-5-2)22(20)33-6-3)23(29)28-25(35)27-18-10-7-9-17(15-18)26-24(30)19-11-8-12-34-19/h7-15H,4-6H2,1-3H3,(H,26,30)(H2,27,28,29,35). The van der Waals surface area contributed by atoms with Crippen LogP contribution in [0.5, 0.6) is 17.2 Å². The van der Waals surface area contributed by atoms with E-state index >= 15 is 0 Å². The Balaban J connectivity index is 1.70. The molecule has 0 aliphatic carbocycles. The van der Waals surface area contributed by atoms with Gasteiger partial charge < -0.3 is 29.3 Å². The Labute approximate surface area is 208 Å². The number of thiocarbonyl (C=S) groups is 1. The number of amides is 2. The van der Waals surface area contributed by atoms with E-state index in [2.05, 4.69) is 16.0 Å². The fourth-order valence-corrected chi connectivity index (χ4v) is 3.34. The van der Waals surface area contributed by atoms with Crippen LogP contribution in [0.1, 0.15) is 41.7 Å². The van der Waals surface area contributed by atoms with Gasteiger partial charge in [0.25, 0.3) is 11.8 Å². The largest absolute Gasteiger partial charge is 0.490 e. The summed E-state index contributed by atoms with van der Waals surface area (Å²) >= 11 is 5.31. The van der Waals surface area contributed by atoms with Gasteiger partial charge in [-0.2, -0.15) is 0 Å². The topological polar surface area (TPSA) is 111 Å². The van der Waals surface area contributed by atoms with Crippen molar-refractivity contribution in [2.75, 3.05) is 30.5 Å². The number of carbonyl (C=O) groups is 2. The van der Waals surface area contributed by atoms with Gasteiger partial charge in [-0.3, -0.25) is 14.9 Å².